The van der Waals surface area contributed by atoms with E-state index >= 15 is 0 Å². The molecule has 1 aliphatic carbocycles. The zero-order chi connectivity index (χ0) is 27.4. The third-order valence-corrected chi connectivity index (χ3v) is 10.2. The number of furan rings is 1. The van der Waals surface area contributed by atoms with E-state index in [0.29, 0.717) is 30.4 Å². The lowest BCUT2D eigenvalue weighted by molar-refractivity contribution is -0.143. The molecule has 2 saturated heterocycles. The molecule has 0 spiro atoms. The number of carbonyl (C=O) groups is 3. The number of ketones is 1. The van der Waals surface area contributed by atoms with Gasteiger partial charge in [0.05, 0.1) is 12.6 Å². The molecule has 2 atom stereocenters. The maximum Gasteiger partial charge on any atom is 0.288 e. The topological polar surface area (TPSA) is 130 Å². The SMILES string of the molecule is Cc1c(C(=O)NC2(C(=O)N3CCC4C3C(=O)CN4S(=O)(=O)c3ccccn3)CCCCC2)oc2ccccc12. The summed E-state index contributed by atoms with van der Waals surface area (Å²) in [4.78, 5) is 46.4. The van der Waals surface area contributed by atoms with Crippen LogP contribution in [0.25, 0.3) is 11.0 Å². The van der Waals surface area contributed by atoms with Crippen LogP contribution in [0.15, 0.2) is 58.1 Å². The van der Waals surface area contributed by atoms with Crippen molar-refractivity contribution in [1.29, 1.82) is 0 Å². The summed E-state index contributed by atoms with van der Waals surface area (Å²) >= 11 is 0. The lowest BCUT2D eigenvalue weighted by atomic mass is 9.80. The van der Waals surface area contributed by atoms with Gasteiger partial charge in [0.2, 0.25) is 5.91 Å². The minimum Gasteiger partial charge on any atom is -0.451 e. The van der Waals surface area contributed by atoms with Gasteiger partial charge < -0.3 is 14.6 Å². The number of rotatable bonds is 5. The molecule has 11 heteroatoms. The van der Waals surface area contributed by atoms with Gasteiger partial charge in [-0.25, -0.2) is 13.4 Å². The fraction of sp³-hybridized carbons (Fsp3) is 0.429. The summed E-state index contributed by atoms with van der Waals surface area (Å²) in [5.41, 5.74) is 0.102. The monoisotopic (exact) mass is 550 g/mol. The van der Waals surface area contributed by atoms with Gasteiger partial charge in [0, 0.05) is 23.7 Å². The Morgan fingerprint density at radius 2 is 1.82 bits per heavy atom. The van der Waals surface area contributed by atoms with E-state index in [9.17, 15) is 22.8 Å². The second kappa shape index (κ2) is 9.56. The summed E-state index contributed by atoms with van der Waals surface area (Å²) < 4.78 is 33.7. The number of nitrogens with zero attached hydrogens (tertiary/aromatic N) is 3. The number of Topliss-reactive ketones (excluding diaryl/α,β-unsaturated/α-hetero) is 1. The highest BCUT2D eigenvalue weighted by atomic mass is 32.2. The van der Waals surface area contributed by atoms with Gasteiger partial charge in [0.25, 0.3) is 15.9 Å². The molecule has 2 aromatic heterocycles. The minimum absolute atomic E-state index is 0.125. The third-order valence-electron chi connectivity index (χ3n) is 8.37. The number of likely N-dealkylation sites (tertiary alicyclic amines) is 1. The Morgan fingerprint density at radius 3 is 2.54 bits per heavy atom. The van der Waals surface area contributed by atoms with E-state index in [1.807, 2.05) is 25.1 Å². The number of hydrogen-bond donors (Lipinski definition) is 1. The highest BCUT2D eigenvalue weighted by Gasteiger charge is 2.57. The number of aromatic nitrogens is 1. The number of benzene rings is 1. The standard InChI is InChI=1S/C28H30N4O6S/c1-18-19-9-3-4-10-22(19)38-25(18)26(34)30-28(13-6-2-7-14-28)27(35)31-16-12-20-24(31)21(33)17-32(20)39(36,37)23-11-5-8-15-29-23/h3-5,8-11,15,20,24H,2,6-7,12-14,16-17H2,1H3,(H,30,34). The molecule has 1 N–H and O–H groups in total. The number of para-hydroxylation sites is 1. The second-order valence-electron chi connectivity index (χ2n) is 10.6. The molecular weight excluding hydrogens is 520 g/mol. The summed E-state index contributed by atoms with van der Waals surface area (Å²) in [6, 6.07) is 10.4. The summed E-state index contributed by atoms with van der Waals surface area (Å²) in [6.07, 6.45) is 5.05. The van der Waals surface area contributed by atoms with Gasteiger partial charge in [-0.1, -0.05) is 43.5 Å². The number of carbonyl (C=O) groups excluding carboxylic acids is 3. The second-order valence-corrected chi connectivity index (χ2v) is 12.5. The van der Waals surface area contributed by atoms with E-state index < -0.39 is 33.6 Å². The number of nitrogens with one attached hydrogen (secondary N) is 1. The van der Waals surface area contributed by atoms with Gasteiger partial charge in [-0.3, -0.25) is 14.4 Å². The Labute approximate surface area is 226 Å². The molecule has 4 heterocycles. The van der Waals surface area contributed by atoms with E-state index in [1.54, 1.807) is 18.2 Å². The van der Waals surface area contributed by atoms with Crippen LogP contribution in [-0.4, -0.2) is 70.9 Å². The van der Waals surface area contributed by atoms with Gasteiger partial charge in [-0.05, 0) is 44.4 Å². The Balaban J connectivity index is 1.28. The first-order valence-electron chi connectivity index (χ1n) is 13.3. The van der Waals surface area contributed by atoms with Crippen molar-refractivity contribution in [1.82, 2.24) is 19.5 Å². The number of fused-ring (bicyclic) bond motifs is 2. The van der Waals surface area contributed by atoms with Crippen LogP contribution in [0, 0.1) is 6.92 Å². The first kappa shape index (κ1) is 25.7. The summed E-state index contributed by atoms with van der Waals surface area (Å²) in [7, 11) is -4.01. The maximum absolute atomic E-state index is 14.2. The van der Waals surface area contributed by atoms with Crippen molar-refractivity contribution in [3.05, 3.63) is 60.0 Å². The van der Waals surface area contributed by atoms with E-state index in [1.165, 1.54) is 21.5 Å². The van der Waals surface area contributed by atoms with Crippen molar-refractivity contribution >= 4 is 38.6 Å². The molecule has 3 aliphatic rings. The number of hydrogen-bond acceptors (Lipinski definition) is 7. The zero-order valence-electron chi connectivity index (χ0n) is 21.6. The van der Waals surface area contributed by atoms with Crippen LogP contribution in [0.1, 0.15) is 54.6 Å². The molecule has 1 saturated carbocycles. The lowest BCUT2D eigenvalue weighted by Gasteiger charge is -2.40. The van der Waals surface area contributed by atoms with Crippen molar-refractivity contribution in [3.8, 4) is 0 Å². The smallest absolute Gasteiger partial charge is 0.288 e. The first-order chi connectivity index (χ1) is 18.7. The van der Waals surface area contributed by atoms with E-state index in [0.717, 1.165) is 24.6 Å². The number of amides is 2. The van der Waals surface area contributed by atoms with Crippen molar-refractivity contribution in [2.75, 3.05) is 13.1 Å². The average Bonchev–Trinajstić information content (AvgIpc) is 3.63. The molecule has 1 aromatic carbocycles. The summed E-state index contributed by atoms with van der Waals surface area (Å²) in [5, 5.41) is 3.72. The lowest BCUT2D eigenvalue weighted by Crippen LogP contribution is -2.62. The molecule has 204 valence electrons. The molecule has 39 heavy (non-hydrogen) atoms. The Hall–Kier alpha value is -3.57. The molecule has 3 aromatic rings. The largest absolute Gasteiger partial charge is 0.451 e. The van der Waals surface area contributed by atoms with E-state index in [4.69, 9.17) is 4.42 Å². The minimum atomic E-state index is -4.01. The third kappa shape index (κ3) is 4.15. The Morgan fingerprint density at radius 1 is 1.08 bits per heavy atom. The number of aryl methyl sites for hydroxylation is 1. The van der Waals surface area contributed by atoms with Crippen LogP contribution < -0.4 is 5.32 Å². The van der Waals surface area contributed by atoms with Gasteiger partial charge in [0.1, 0.15) is 17.2 Å². The van der Waals surface area contributed by atoms with Crippen LogP contribution in [-0.2, 0) is 19.6 Å². The zero-order valence-corrected chi connectivity index (χ0v) is 22.4. The number of pyridine rings is 1. The molecule has 2 aliphatic heterocycles. The maximum atomic E-state index is 14.2. The van der Waals surface area contributed by atoms with Crippen LogP contribution in [0.5, 0.6) is 0 Å². The molecular formula is C28H30N4O6S. The van der Waals surface area contributed by atoms with Gasteiger partial charge in [-0.15, -0.1) is 0 Å². The highest BCUT2D eigenvalue weighted by Crippen LogP contribution is 2.38. The highest BCUT2D eigenvalue weighted by molar-refractivity contribution is 7.89. The van der Waals surface area contributed by atoms with Gasteiger partial charge in [-0.2, -0.15) is 4.31 Å². The first-order valence-corrected chi connectivity index (χ1v) is 14.7. The average molecular weight is 551 g/mol. The Kier molecular flexibility index (Phi) is 6.30. The molecule has 2 amide bonds. The van der Waals surface area contributed by atoms with Crippen molar-refractivity contribution in [2.45, 2.75) is 68.1 Å². The predicted octanol–water partition coefficient (Wildman–Crippen LogP) is 2.81. The number of sulfonamides is 1. The molecule has 6 rings (SSSR count). The normalized spacial score (nSPS) is 23.2. The molecule has 3 fully saturated rings. The van der Waals surface area contributed by atoms with Crippen LogP contribution in [0.2, 0.25) is 0 Å². The van der Waals surface area contributed by atoms with Crippen molar-refractivity contribution in [2.24, 2.45) is 0 Å². The molecule has 0 bridgehead atoms. The summed E-state index contributed by atoms with van der Waals surface area (Å²) in [5.74, 6) is -0.956. The quantitative estimate of drug-likeness (QED) is 0.517. The van der Waals surface area contributed by atoms with E-state index in [-0.39, 0.29) is 35.6 Å². The van der Waals surface area contributed by atoms with Crippen LogP contribution in [0.4, 0.5) is 0 Å². The van der Waals surface area contributed by atoms with E-state index in [2.05, 4.69) is 10.3 Å². The molecule has 10 nitrogen and oxygen atoms in total. The fourth-order valence-corrected chi connectivity index (χ4v) is 7.99. The fourth-order valence-electron chi connectivity index (χ4n) is 6.43. The van der Waals surface area contributed by atoms with Gasteiger partial charge in [0.15, 0.2) is 16.6 Å². The van der Waals surface area contributed by atoms with Gasteiger partial charge >= 0.3 is 0 Å². The molecule has 2 unspecified atom stereocenters. The van der Waals surface area contributed by atoms with Crippen molar-refractivity contribution < 1.29 is 27.2 Å². The van der Waals surface area contributed by atoms with Crippen LogP contribution >= 0.6 is 0 Å². The Bertz CT molecular complexity index is 1560. The summed E-state index contributed by atoms with van der Waals surface area (Å²) in [6.45, 7) is 1.74. The predicted molar refractivity (Wildman–Crippen MR) is 141 cm³/mol. The van der Waals surface area contributed by atoms with Crippen LogP contribution in [0.3, 0.4) is 0 Å². The van der Waals surface area contributed by atoms with Crippen molar-refractivity contribution in [3.63, 3.8) is 0 Å². The molecule has 0 radical (unpaired) electrons.